The monoisotopic (exact) mass is 251 g/mol. The third kappa shape index (κ3) is 1.82. The Labute approximate surface area is 80.6 Å². The highest BCUT2D eigenvalue weighted by Crippen LogP contribution is 2.30. The molecule has 70 valence electrons. The molecule has 0 spiro atoms. The summed E-state index contributed by atoms with van der Waals surface area (Å²) >= 11 is 2.77. The Kier molecular flexibility index (Phi) is 2.92. The van der Waals surface area contributed by atoms with Gasteiger partial charge in [0.1, 0.15) is 17.0 Å². The molecule has 0 saturated carbocycles. The minimum atomic E-state index is -1.08. The fourth-order valence-corrected chi connectivity index (χ4v) is 1.42. The molecule has 13 heavy (non-hydrogen) atoms. The van der Waals surface area contributed by atoms with Crippen LogP contribution in [0.4, 0.5) is 14.5 Å². The van der Waals surface area contributed by atoms with Crippen molar-refractivity contribution in [3.63, 3.8) is 0 Å². The summed E-state index contributed by atoms with van der Waals surface area (Å²) in [6.45, 7) is -1.08. The lowest BCUT2D eigenvalue weighted by Gasteiger charge is -2.01. The van der Waals surface area contributed by atoms with Gasteiger partial charge in [-0.1, -0.05) is 0 Å². The molecule has 0 N–H and O–H groups in total. The molecule has 1 aromatic carbocycles. The Morgan fingerprint density at radius 3 is 2.62 bits per heavy atom. The molecular formula is C7H4BrF2NO2. The summed E-state index contributed by atoms with van der Waals surface area (Å²) in [6.07, 6.45) is 0. The molecule has 0 fully saturated rings. The zero-order valence-electron chi connectivity index (χ0n) is 6.26. The lowest BCUT2D eigenvalue weighted by atomic mass is 10.2. The summed E-state index contributed by atoms with van der Waals surface area (Å²) < 4.78 is 24.9. The van der Waals surface area contributed by atoms with Crippen molar-refractivity contribution in [2.24, 2.45) is 0 Å². The van der Waals surface area contributed by atoms with Gasteiger partial charge >= 0.3 is 0 Å². The van der Waals surface area contributed by atoms with E-state index in [9.17, 15) is 18.9 Å². The van der Waals surface area contributed by atoms with Crippen LogP contribution in [-0.2, 0) is 6.67 Å². The van der Waals surface area contributed by atoms with Crippen LogP contribution in [-0.4, -0.2) is 4.92 Å². The smallest absolute Gasteiger partial charge is 0.258 e. The van der Waals surface area contributed by atoms with Crippen molar-refractivity contribution in [2.75, 3.05) is 0 Å². The normalized spacial score (nSPS) is 10.1. The predicted octanol–water partition coefficient (Wildman–Crippen LogP) is 2.97. The van der Waals surface area contributed by atoms with Gasteiger partial charge in [-0.15, -0.1) is 0 Å². The number of alkyl halides is 1. The molecule has 0 unspecified atom stereocenters. The number of nitrogens with zero attached hydrogens (tertiary/aromatic N) is 1. The second-order valence-electron chi connectivity index (χ2n) is 2.25. The van der Waals surface area contributed by atoms with Crippen molar-refractivity contribution in [1.29, 1.82) is 0 Å². The van der Waals surface area contributed by atoms with E-state index >= 15 is 0 Å². The average molecular weight is 252 g/mol. The minimum absolute atomic E-state index is 0.139. The third-order valence-electron chi connectivity index (χ3n) is 1.50. The van der Waals surface area contributed by atoms with E-state index in [2.05, 4.69) is 15.9 Å². The molecule has 6 heteroatoms. The summed E-state index contributed by atoms with van der Waals surface area (Å²) in [5.41, 5.74) is -0.664. The van der Waals surface area contributed by atoms with Crippen molar-refractivity contribution < 1.29 is 13.7 Å². The third-order valence-corrected chi connectivity index (χ3v) is 2.38. The van der Waals surface area contributed by atoms with Gasteiger partial charge in [0.15, 0.2) is 0 Å². The van der Waals surface area contributed by atoms with E-state index in [1.165, 1.54) is 0 Å². The number of rotatable bonds is 2. The molecule has 0 heterocycles. The van der Waals surface area contributed by atoms with Gasteiger partial charge in [-0.05, 0) is 22.0 Å². The molecule has 0 atom stereocenters. The molecule has 3 nitrogen and oxygen atoms in total. The van der Waals surface area contributed by atoms with Crippen LogP contribution in [0.15, 0.2) is 16.6 Å². The van der Waals surface area contributed by atoms with Crippen LogP contribution in [0.1, 0.15) is 5.56 Å². The molecule has 0 aromatic heterocycles. The Morgan fingerprint density at radius 2 is 2.15 bits per heavy atom. The van der Waals surface area contributed by atoms with Crippen molar-refractivity contribution in [1.82, 2.24) is 0 Å². The summed E-state index contributed by atoms with van der Waals surface area (Å²) in [4.78, 5) is 9.63. The standard InChI is InChI=1S/C7H4BrF2NO2/c8-7-4(3-9)5(10)1-2-6(7)11(12)13/h1-2H,3H2. The van der Waals surface area contributed by atoms with Crippen molar-refractivity contribution in [2.45, 2.75) is 6.67 Å². The number of nitro groups is 1. The lowest BCUT2D eigenvalue weighted by molar-refractivity contribution is -0.385. The molecule has 0 bridgehead atoms. The maximum Gasteiger partial charge on any atom is 0.284 e. The maximum atomic E-state index is 12.8. The van der Waals surface area contributed by atoms with Gasteiger partial charge in [0.2, 0.25) is 0 Å². The largest absolute Gasteiger partial charge is 0.284 e. The van der Waals surface area contributed by atoms with E-state index < -0.39 is 17.4 Å². The molecule has 0 amide bonds. The van der Waals surface area contributed by atoms with Crippen LogP contribution in [0.25, 0.3) is 0 Å². The molecule has 0 radical (unpaired) electrons. The van der Waals surface area contributed by atoms with E-state index in [1.807, 2.05) is 0 Å². The molecule has 0 aliphatic heterocycles. The molecular weight excluding hydrogens is 248 g/mol. The number of benzene rings is 1. The van der Waals surface area contributed by atoms with E-state index in [1.54, 1.807) is 0 Å². The van der Waals surface area contributed by atoms with E-state index in [4.69, 9.17) is 0 Å². The number of hydrogen-bond acceptors (Lipinski definition) is 2. The first-order valence-electron chi connectivity index (χ1n) is 3.25. The summed E-state index contributed by atoms with van der Waals surface area (Å²) in [5, 5.41) is 10.3. The van der Waals surface area contributed by atoms with Crippen molar-refractivity contribution in [3.05, 3.63) is 38.1 Å². The fourth-order valence-electron chi connectivity index (χ4n) is 0.849. The van der Waals surface area contributed by atoms with Gasteiger partial charge in [-0.2, -0.15) is 0 Å². The minimum Gasteiger partial charge on any atom is -0.258 e. The first-order valence-corrected chi connectivity index (χ1v) is 4.04. The Balaban J connectivity index is 3.35. The van der Waals surface area contributed by atoms with Gasteiger partial charge in [0.25, 0.3) is 5.69 Å². The topological polar surface area (TPSA) is 43.1 Å². The number of halogens is 3. The second-order valence-corrected chi connectivity index (χ2v) is 3.04. The van der Waals surface area contributed by atoms with Crippen LogP contribution < -0.4 is 0 Å². The first kappa shape index (κ1) is 10.0. The predicted molar refractivity (Wildman–Crippen MR) is 45.6 cm³/mol. The molecule has 0 aliphatic rings. The Morgan fingerprint density at radius 1 is 1.54 bits per heavy atom. The highest BCUT2D eigenvalue weighted by Gasteiger charge is 2.18. The Hall–Kier alpha value is -1.04. The summed E-state index contributed by atoms with van der Waals surface area (Å²) in [5.74, 6) is -0.792. The number of nitro benzene ring substituents is 1. The van der Waals surface area contributed by atoms with Gasteiger partial charge in [-0.25, -0.2) is 8.78 Å². The van der Waals surface area contributed by atoms with Crippen molar-refractivity contribution >= 4 is 21.6 Å². The van der Waals surface area contributed by atoms with Gasteiger partial charge in [0.05, 0.1) is 4.92 Å². The maximum absolute atomic E-state index is 12.8. The van der Waals surface area contributed by atoms with Gasteiger partial charge < -0.3 is 0 Å². The van der Waals surface area contributed by atoms with Crippen LogP contribution >= 0.6 is 15.9 Å². The lowest BCUT2D eigenvalue weighted by Crippen LogP contribution is -1.95. The van der Waals surface area contributed by atoms with Crippen molar-refractivity contribution in [3.8, 4) is 0 Å². The highest BCUT2D eigenvalue weighted by atomic mass is 79.9. The average Bonchev–Trinajstić information content (AvgIpc) is 2.04. The SMILES string of the molecule is O=[N+]([O-])c1ccc(F)c(CF)c1Br. The van der Waals surface area contributed by atoms with Crippen LogP contribution in [0.2, 0.25) is 0 Å². The van der Waals surface area contributed by atoms with Crippen LogP contribution in [0.3, 0.4) is 0 Å². The highest BCUT2D eigenvalue weighted by molar-refractivity contribution is 9.10. The van der Waals surface area contributed by atoms with Gasteiger partial charge in [-0.3, -0.25) is 10.1 Å². The summed E-state index contributed by atoms with van der Waals surface area (Å²) in [7, 11) is 0. The summed E-state index contributed by atoms with van der Waals surface area (Å²) in [6, 6.07) is 1.86. The zero-order valence-corrected chi connectivity index (χ0v) is 7.85. The molecule has 1 aromatic rings. The van der Waals surface area contributed by atoms with Gasteiger partial charge in [0, 0.05) is 11.6 Å². The molecule has 0 saturated heterocycles. The zero-order chi connectivity index (χ0) is 10.0. The molecule has 0 aliphatic carbocycles. The van der Waals surface area contributed by atoms with Crippen LogP contribution in [0.5, 0.6) is 0 Å². The second kappa shape index (κ2) is 3.78. The van der Waals surface area contributed by atoms with E-state index in [0.29, 0.717) is 0 Å². The van der Waals surface area contributed by atoms with Crippen LogP contribution in [0, 0.1) is 15.9 Å². The Bertz CT molecular complexity index is 357. The fraction of sp³-hybridized carbons (Fsp3) is 0.143. The molecule has 1 rings (SSSR count). The van der Waals surface area contributed by atoms with E-state index in [0.717, 1.165) is 12.1 Å². The number of hydrogen-bond donors (Lipinski definition) is 0. The van der Waals surface area contributed by atoms with E-state index in [-0.39, 0.29) is 15.7 Å². The quantitative estimate of drug-likeness (QED) is 0.599. The first-order chi connectivity index (χ1) is 6.07.